The highest BCUT2D eigenvalue weighted by atomic mass is 16.5. The predicted octanol–water partition coefficient (Wildman–Crippen LogP) is 3.28. The summed E-state index contributed by atoms with van der Waals surface area (Å²) in [5, 5.41) is 0. The van der Waals surface area contributed by atoms with Crippen LogP contribution in [-0.4, -0.2) is 12.4 Å². The summed E-state index contributed by atoms with van der Waals surface area (Å²) < 4.78 is 5.86. The first-order valence-corrected chi connectivity index (χ1v) is 6.06. The van der Waals surface area contributed by atoms with Gasteiger partial charge in [0.1, 0.15) is 6.10 Å². The molecule has 86 valence electrons. The maximum Gasteiger partial charge on any atom is 0.153 e. The molecule has 0 amide bonds. The molecule has 1 unspecified atom stereocenters. The summed E-state index contributed by atoms with van der Waals surface area (Å²) in [7, 11) is 0. The minimum Gasteiger partial charge on any atom is -0.363 e. The lowest BCUT2D eigenvalue weighted by Gasteiger charge is -2.25. The molecule has 2 nitrogen and oxygen atoms in total. The van der Waals surface area contributed by atoms with E-state index in [4.69, 9.17) is 4.74 Å². The Bertz CT molecular complexity index is 315. The van der Waals surface area contributed by atoms with Gasteiger partial charge in [-0.15, -0.1) is 0 Å². The van der Waals surface area contributed by atoms with Crippen LogP contribution < -0.4 is 0 Å². The number of carbonyl (C=O) groups excluding carboxylic acids is 1. The second-order valence-corrected chi connectivity index (χ2v) is 4.36. The summed E-state index contributed by atoms with van der Waals surface area (Å²) in [4.78, 5) is 11.1. The van der Waals surface area contributed by atoms with Crippen LogP contribution in [0.2, 0.25) is 0 Å². The van der Waals surface area contributed by atoms with Gasteiger partial charge >= 0.3 is 0 Å². The number of aldehydes is 1. The molecule has 0 saturated heterocycles. The topological polar surface area (TPSA) is 26.3 Å². The molecule has 0 spiro atoms. The molecule has 0 aromatic heterocycles. The maximum atomic E-state index is 11.1. The molecule has 0 bridgehead atoms. The van der Waals surface area contributed by atoms with Crippen molar-refractivity contribution in [2.75, 3.05) is 0 Å². The molecule has 1 aromatic carbocycles. The van der Waals surface area contributed by atoms with Gasteiger partial charge in [-0.1, -0.05) is 49.6 Å². The zero-order chi connectivity index (χ0) is 11.2. The third-order valence-electron chi connectivity index (χ3n) is 3.14. The smallest absolute Gasteiger partial charge is 0.153 e. The van der Waals surface area contributed by atoms with E-state index in [9.17, 15) is 4.79 Å². The van der Waals surface area contributed by atoms with E-state index in [-0.39, 0.29) is 12.2 Å². The molecule has 2 heteroatoms. The van der Waals surface area contributed by atoms with E-state index in [0.717, 1.165) is 24.7 Å². The van der Waals surface area contributed by atoms with Crippen LogP contribution >= 0.6 is 0 Å². The van der Waals surface area contributed by atoms with Gasteiger partial charge in [-0.05, 0) is 18.4 Å². The summed E-state index contributed by atoms with van der Waals surface area (Å²) >= 11 is 0. The van der Waals surface area contributed by atoms with Crippen molar-refractivity contribution >= 4 is 6.29 Å². The van der Waals surface area contributed by atoms with Crippen molar-refractivity contribution in [3.63, 3.8) is 0 Å². The van der Waals surface area contributed by atoms with Crippen LogP contribution in [0, 0.1) is 0 Å². The van der Waals surface area contributed by atoms with Gasteiger partial charge < -0.3 is 9.53 Å². The van der Waals surface area contributed by atoms with E-state index >= 15 is 0 Å². The normalized spacial score (nSPS) is 19.2. The molecule has 1 aliphatic rings. The van der Waals surface area contributed by atoms with E-state index in [1.807, 2.05) is 30.3 Å². The Morgan fingerprint density at radius 3 is 2.44 bits per heavy atom. The molecule has 0 heterocycles. The number of ether oxygens (including phenoxy) is 1. The summed E-state index contributed by atoms with van der Waals surface area (Å²) in [6.07, 6.45) is 6.74. The number of rotatable bonds is 4. The van der Waals surface area contributed by atoms with Crippen molar-refractivity contribution in [1.29, 1.82) is 0 Å². The molecule has 1 saturated carbocycles. The Balaban J connectivity index is 1.97. The molecule has 16 heavy (non-hydrogen) atoms. The van der Waals surface area contributed by atoms with Crippen LogP contribution in [0.4, 0.5) is 0 Å². The van der Waals surface area contributed by atoms with Crippen LogP contribution in [0.3, 0.4) is 0 Å². The Labute approximate surface area is 96.6 Å². The lowest BCUT2D eigenvalue weighted by Crippen LogP contribution is -2.20. The van der Waals surface area contributed by atoms with Crippen molar-refractivity contribution in [2.24, 2.45) is 0 Å². The number of carbonyl (C=O) groups is 1. The molecule has 0 N–H and O–H groups in total. The second kappa shape index (κ2) is 5.80. The quantitative estimate of drug-likeness (QED) is 0.725. The molecule has 1 fully saturated rings. The number of hydrogen-bond acceptors (Lipinski definition) is 2. The highest BCUT2D eigenvalue weighted by molar-refractivity contribution is 5.59. The lowest BCUT2D eigenvalue weighted by molar-refractivity contribution is -0.123. The van der Waals surface area contributed by atoms with Gasteiger partial charge in [-0.3, -0.25) is 0 Å². The van der Waals surface area contributed by atoms with E-state index < -0.39 is 0 Å². The van der Waals surface area contributed by atoms with Gasteiger partial charge in [0, 0.05) is 0 Å². The average molecular weight is 218 g/mol. The van der Waals surface area contributed by atoms with E-state index in [2.05, 4.69) is 0 Å². The maximum absolute atomic E-state index is 11.1. The Kier molecular flexibility index (Phi) is 4.11. The first-order chi connectivity index (χ1) is 7.90. The van der Waals surface area contributed by atoms with Crippen molar-refractivity contribution in [3.05, 3.63) is 35.9 Å². The second-order valence-electron chi connectivity index (χ2n) is 4.36. The molecular weight excluding hydrogens is 200 g/mol. The van der Waals surface area contributed by atoms with Gasteiger partial charge in [0.15, 0.2) is 6.29 Å². The van der Waals surface area contributed by atoms with Gasteiger partial charge in [-0.25, -0.2) is 0 Å². The summed E-state index contributed by atoms with van der Waals surface area (Å²) in [6.45, 7) is 0. The van der Waals surface area contributed by atoms with Gasteiger partial charge in [0.2, 0.25) is 0 Å². The fourth-order valence-corrected chi connectivity index (χ4v) is 2.24. The molecule has 1 aromatic rings. The summed E-state index contributed by atoms with van der Waals surface area (Å²) in [5.74, 6) is 0. The van der Waals surface area contributed by atoms with Gasteiger partial charge in [-0.2, -0.15) is 0 Å². The zero-order valence-corrected chi connectivity index (χ0v) is 9.47. The monoisotopic (exact) mass is 218 g/mol. The number of hydrogen-bond donors (Lipinski definition) is 0. The minimum atomic E-state index is -0.385. The Morgan fingerprint density at radius 1 is 1.12 bits per heavy atom. The summed E-state index contributed by atoms with van der Waals surface area (Å²) in [6, 6.07) is 9.72. The lowest BCUT2D eigenvalue weighted by atomic mass is 9.97. The van der Waals surface area contributed by atoms with Crippen LogP contribution in [0.5, 0.6) is 0 Å². The van der Waals surface area contributed by atoms with Crippen molar-refractivity contribution in [3.8, 4) is 0 Å². The third-order valence-corrected chi connectivity index (χ3v) is 3.14. The van der Waals surface area contributed by atoms with Crippen LogP contribution in [-0.2, 0) is 9.53 Å². The Hall–Kier alpha value is -1.15. The minimum absolute atomic E-state index is 0.268. The SMILES string of the molecule is O=CC(OC1CCCCC1)c1ccccc1. The van der Waals surface area contributed by atoms with Gasteiger partial charge in [0.05, 0.1) is 6.10 Å². The third kappa shape index (κ3) is 2.92. The number of benzene rings is 1. The molecule has 1 atom stereocenters. The fourth-order valence-electron chi connectivity index (χ4n) is 2.24. The van der Waals surface area contributed by atoms with E-state index in [1.54, 1.807) is 0 Å². The van der Waals surface area contributed by atoms with Crippen molar-refractivity contribution in [2.45, 2.75) is 44.3 Å². The average Bonchev–Trinajstić information content (AvgIpc) is 2.38. The Morgan fingerprint density at radius 2 is 1.81 bits per heavy atom. The van der Waals surface area contributed by atoms with Crippen LogP contribution in [0.15, 0.2) is 30.3 Å². The molecule has 0 aliphatic heterocycles. The largest absolute Gasteiger partial charge is 0.363 e. The molecule has 2 rings (SSSR count). The standard InChI is InChI=1S/C14H18O2/c15-11-14(12-7-3-1-4-8-12)16-13-9-5-2-6-10-13/h1,3-4,7-8,11,13-14H,2,5-6,9-10H2. The highest BCUT2D eigenvalue weighted by Crippen LogP contribution is 2.25. The first kappa shape index (κ1) is 11.3. The highest BCUT2D eigenvalue weighted by Gasteiger charge is 2.19. The van der Waals surface area contributed by atoms with Crippen LogP contribution in [0.25, 0.3) is 0 Å². The van der Waals surface area contributed by atoms with Crippen molar-refractivity contribution in [1.82, 2.24) is 0 Å². The fraction of sp³-hybridized carbons (Fsp3) is 0.500. The van der Waals surface area contributed by atoms with E-state index in [1.165, 1.54) is 19.3 Å². The molecule has 1 aliphatic carbocycles. The van der Waals surface area contributed by atoms with Gasteiger partial charge in [0.25, 0.3) is 0 Å². The van der Waals surface area contributed by atoms with E-state index in [0.29, 0.717) is 0 Å². The molecular formula is C14H18O2. The molecule has 0 radical (unpaired) electrons. The predicted molar refractivity (Wildman–Crippen MR) is 63.2 cm³/mol. The first-order valence-electron chi connectivity index (χ1n) is 6.06. The summed E-state index contributed by atoms with van der Waals surface area (Å²) in [5.41, 5.74) is 0.961. The van der Waals surface area contributed by atoms with Crippen LogP contribution in [0.1, 0.15) is 43.8 Å². The van der Waals surface area contributed by atoms with Crippen molar-refractivity contribution < 1.29 is 9.53 Å². The zero-order valence-electron chi connectivity index (χ0n) is 9.47.